The third kappa shape index (κ3) is 3.78. The average molecular weight is 379 g/mol. The molecule has 0 radical (unpaired) electrons. The van der Waals surface area contributed by atoms with Crippen LogP contribution in [0.2, 0.25) is 0 Å². The van der Waals surface area contributed by atoms with E-state index in [1.54, 1.807) is 11.1 Å². The van der Waals surface area contributed by atoms with Crippen LogP contribution in [0.4, 0.5) is 4.39 Å². The maximum Gasteiger partial charge on any atom is 0.153 e. The first-order valence-electron chi connectivity index (χ1n) is 9.39. The molecule has 2 aliphatic heterocycles. The van der Waals surface area contributed by atoms with Gasteiger partial charge in [0.25, 0.3) is 0 Å². The van der Waals surface area contributed by atoms with Gasteiger partial charge in [-0.25, -0.2) is 4.39 Å². The number of morpholine rings is 1. The number of halogens is 1. The van der Waals surface area contributed by atoms with Gasteiger partial charge in [-0.2, -0.15) is 5.26 Å². The summed E-state index contributed by atoms with van der Waals surface area (Å²) in [7, 11) is 1.88. The van der Waals surface area contributed by atoms with E-state index in [9.17, 15) is 4.39 Å². The first-order chi connectivity index (χ1) is 13.7. The number of hydroxylamine groups is 2. The number of hydrogen-bond donors (Lipinski definition) is 1. The SMILES string of the molecule is CN1CC=C(c2c(CC3CNCCO3)cccc2-c2ccc(C#N)c(F)c2)O1. The highest BCUT2D eigenvalue weighted by atomic mass is 19.1. The summed E-state index contributed by atoms with van der Waals surface area (Å²) in [4.78, 5) is 5.91. The summed E-state index contributed by atoms with van der Waals surface area (Å²) in [6.45, 7) is 3.05. The Morgan fingerprint density at radius 1 is 1.32 bits per heavy atom. The molecule has 1 N–H and O–H groups in total. The van der Waals surface area contributed by atoms with E-state index < -0.39 is 5.82 Å². The molecule has 0 saturated carbocycles. The standard InChI is InChI=1S/C22H22FN3O2/c1-26-9-7-21(28-26)22-16(11-18-14-25-8-10-27-18)3-2-4-19(22)15-5-6-17(13-24)20(23)12-15/h2-7,12,18,25H,8-11,14H2,1H3. The molecule has 1 atom stereocenters. The Morgan fingerprint density at radius 3 is 2.89 bits per heavy atom. The maximum atomic E-state index is 14.3. The number of ether oxygens (including phenoxy) is 1. The summed E-state index contributed by atoms with van der Waals surface area (Å²) in [5.41, 5.74) is 3.68. The van der Waals surface area contributed by atoms with E-state index in [0.717, 1.165) is 47.5 Å². The number of hydrogen-bond acceptors (Lipinski definition) is 5. The predicted molar refractivity (Wildman–Crippen MR) is 105 cm³/mol. The predicted octanol–water partition coefficient (Wildman–Crippen LogP) is 3.11. The molecular formula is C22H22FN3O2. The molecule has 0 aliphatic carbocycles. The lowest BCUT2D eigenvalue weighted by molar-refractivity contribution is -0.0340. The minimum Gasteiger partial charge on any atom is -0.406 e. The third-order valence-electron chi connectivity index (χ3n) is 5.04. The van der Waals surface area contributed by atoms with Crippen LogP contribution in [0.1, 0.15) is 16.7 Å². The van der Waals surface area contributed by atoms with Gasteiger partial charge in [0.05, 0.1) is 24.8 Å². The Bertz CT molecular complexity index is 945. The van der Waals surface area contributed by atoms with Crippen molar-refractivity contribution in [1.29, 1.82) is 5.26 Å². The van der Waals surface area contributed by atoms with Crippen LogP contribution in [0.25, 0.3) is 16.9 Å². The van der Waals surface area contributed by atoms with Crippen LogP contribution in [0.5, 0.6) is 0 Å². The van der Waals surface area contributed by atoms with Crippen molar-refractivity contribution in [3.63, 3.8) is 0 Å². The first-order valence-corrected chi connectivity index (χ1v) is 9.39. The zero-order valence-corrected chi connectivity index (χ0v) is 15.7. The fourth-order valence-electron chi connectivity index (χ4n) is 3.67. The highest BCUT2D eigenvalue weighted by Crippen LogP contribution is 2.36. The minimum atomic E-state index is -0.519. The van der Waals surface area contributed by atoms with E-state index in [1.165, 1.54) is 12.1 Å². The molecule has 5 nitrogen and oxygen atoms in total. The summed E-state index contributed by atoms with van der Waals surface area (Å²) < 4.78 is 20.2. The van der Waals surface area contributed by atoms with Gasteiger partial charge < -0.3 is 14.9 Å². The van der Waals surface area contributed by atoms with Gasteiger partial charge in [-0.3, -0.25) is 0 Å². The Kier molecular flexibility index (Phi) is 5.40. The van der Waals surface area contributed by atoms with Crippen LogP contribution in [0.3, 0.4) is 0 Å². The summed E-state index contributed by atoms with van der Waals surface area (Å²) in [6, 6.07) is 12.6. The van der Waals surface area contributed by atoms with E-state index in [1.807, 2.05) is 31.3 Å². The normalized spacial score (nSPS) is 19.8. The van der Waals surface area contributed by atoms with Gasteiger partial charge in [0.2, 0.25) is 0 Å². The van der Waals surface area contributed by atoms with Crippen molar-refractivity contribution in [2.45, 2.75) is 12.5 Å². The van der Waals surface area contributed by atoms with E-state index in [4.69, 9.17) is 14.8 Å². The fourth-order valence-corrected chi connectivity index (χ4v) is 3.67. The van der Waals surface area contributed by atoms with E-state index in [-0.39, 0.29) is 11.7 Å². The lowest BCUT2D eigenvalue weighted by Crippen LogP contribution is -2.39. The number of nitrogens with one attached hydrogen (secondary N) is 1. The fraction of sp³-hybridized carbons (Fsp3) is 0.318. The Hall–Kier alpha value is -2.72. The highest BCUT2D eigenvalue weighted by molar-refractivity contribution is 5.81. The van der Waals surface area contributed by atoms with Crippen molar-refractivity contribution in [2.75, 3.05) is 33.3 Å². The molecule has 0 amide bonds. The van der Waals surface area contributed by atoms with Gasteiger partial charge >= 0.3 is 0 Å². The lowest BCUT2D eigenvalue weighted by Gasteiger charge is -2.25. The van der Waals surface area contributed by atoms with Gasteiger partial charge in [-0.1, -0.05) is 24.3 Å². The second-order valence-electron chi connectivity index (χ2n) is 7.02. The molecule has 0 spiro atoms. The zero-order valence-electron chi connectivity index (χ0n) is 15.7. The molecule has 1 fully saturated rings. The van der Waals surface area contributed by atoms with Crippen molar-refractivity contribution in [2.24, 2.45) is 0 Å². The molecular weight excluding hydrogens is 357 g/mol. The van der Waals surface area contributed by atoms with E-state index in [2.05, 4.69) is 11.4 Å². The maximum absolute atomic E-state index is 14.3. The topological polar surface area (TPSA) is 57.5 Å². The molecule has 28 heavy (non-hydrogen) atoms. The van der Waals surface area contributed by atoms with Crippen molar-refractivity contribution in [3.05, 3.63) is 65.0 Å². The lowest BCUT2D eigenvalue weighted by atomic mass is 9.90. The molecule has 4 rings (SSSR count). The molecule has 2 aliphatic rings. The largest absolute Gasteiger partial charge is 0.406 e. The van der Waals surface area contributed by atoms with Crippen LogP contribution < -0.4 is 5.32 Å². The molecule has 0 bridgehead atoms. The number of nitriles is 1. The van der Waals surface area contributed by atoms with Crippen molar-refractivity contribution in [3.8, 4) is 17.2 Å². The number of rotatable bonds is 4. The molecule has 2 aromatic carbocycles. The van der Waals surface area contributed by atoms with E-state index >= 15 is 0 Å². The third-order valence-corrected chi connectivity index (χ3v) is 5.04. The molecule has 6 heteroatoms. The minimum absolute atomic E-state index is 0.0409. The smallest absolute Gasteiger partial charge is 0.153 e. The second-order valence-corrected chi connectivity index (χ2v) is 7.02. The van der Waals surface area contributed by atoms with Crippen LogP contribution in [0, 0.1) is 17.1 Å². The molecule has 0 aromatic heterocycles. The van der Waals surface area contributed by atoms with Gasteiger partial charge in [0.1, 0.15) is 11.9 Å². The summed E-state index contributed by atoms with van der Waals surface area (Å²) in [5.74, 6) is 0.247. The zero-order chi connectivity index (χ0) is 19.5. The van der Waals surface area contributed by atoms with E-state index in [0.29, 0.717) is 13.2 Å². The van der Waals surface area contributed by atoms with Crippen LogP contribution in [-0.4, -0.2) is 44.5 Å². The van der Waals surface area contributed by atoms with Crippen molar-refractivity contribution < 1.29 is 14.0 Å². The number of benzene rings is 2. The van der Waals surface area contributed by atoms with Crippen LogP contribution in [-0.2, 0) is 16.0 Å². The molecule has 2 heterocycles. The van der Waals surface area contributed by atoms with Gasteiger partial charge in [0.15, 0.2) is 5.76 Å². The van der Waals surface area contributed by atoms with Gasteiger partial charge in [-0.15, -0.1) is 5.06 Å². The number of nitrogens with zero attached hydrogens (tertiary/aromatic N) is 2. The molecule has 144 valence electrons. The first kappa shape index (κ1) is 18.6. The summed E-state index contributed by atoms with van der Waals surface area (Å²) in [6.07, 6.45) is 2.85. The van der Waals surface area contributed by atoms with Crippen molar-refractivity contribution in [1.82, 2.24) is 10.4 Å². The van der Waals surface area contributed by atoms with Crippen LogP contribution in [0.15, 0.2) is 42.5 Å². The second kappa shape index (κ2) is 8.11. The highest BCUT2D eigenvalue weighted by Gasteiger charge is 2.24. The van der Waals surface area contributed by atoms with Crippen LogP contribution >= 0.6 is 0 Å². The molecule has 1 unspecified atom stereocenters. The summed E-state index contributed by atoms with van der Waals surface area (Å²) in [5, 5.41) is 14.1. The molecule has 1 saturated heterocycles. The monoisotopic (exact) mass is 379 g/mol. The Labute approximate surface area is 163 Å². The van der Waals surface area contributed by atoms with Gasteiger partial charge in [-0.05, 0) is 34.9 Å². The van der Waals surface area contributed by atoms with Crippen molar-refractivity contribution >= 4 is 5.76 Å². The average Bonchev–Trinajstić information content (AvgIpc) is 3.14. The molecule has 2 aromatic rings. The Morgan fingerprint density at radius 2 is 2.21 bits per heavy atom. The quantitative estimate of drug-likeness (QED) is 0.885. The summed E-state index contributed by atoms with van der Waals surface area (Å²) >= 11 is 0. The van der Waals surface area contributed by atoms with Gasteiger partial charge in [0, 0.05) is 32.1 Å². The number of likely N-dealkylation sites (N-methyl/N-ethyl adjacent to an activating group) is 1. The Balaban J connectivity index is 1.78.